The van der Waals surface area contributed by atoms with Gasteiger partial charge in [0.25, 0.3) is 0 Å². The van der Waals surface area contributed by atoms with E-state index in [2.05, 4.69) is 33.3 Å². The monoisotopic (exact) mass is 312 g/mol. The standard InChI is InChI=1S/C8H12O3.C4H4O3.C4H8/c1-5-6-10-7(9)11-8(2,3)4;1-3-2-6-4(5)7-3;1-4(2)3/h1H,6H2,2-4H3;1-2H2;1H2,2-3H3. The fourth-order valence-electron chi connectivity index (χ4n) is 0.696. The Morgan fingerprint density at radius 2 is 1.91 bits per heavy atom. The van der Waals surface area contributed by atoms with Crippen molar-refractivity contribution in [3.05, 3.63) is 24.5 Å². The second kappa shape index (κ2) is 11.3. The summed E-state index contributed by atoms with van der Waals surface area (Å²) in [6.45, 7) is 16.3. The summed E-state index contributed by atoms with van der Waals surface area (Å²) < 4.78 is 17.9. The summed E-state index contributed by atoms with van der Waals surface area (Å²) in [7, 11) is 0. The van der Waals surface area contributed by atoms with E-state index in [4.69, 9.17) is 11.2 Å². The minimum atomic E-state index is -0.726. The van der Waals surface area contributed by atoms with Crippen LogP contribution in [0.15, 0.2) is 24.5 Å². The smallest absolute Gasteiger partial charge is 0.429 e. The number of terminal acetylenes is 1. The van der Waals surface area contributed by atoms with Crippen LogP contribution in [-0.4, -0.2) is 31.1 Å². The fourth-order valence-corrected chi connectivity index (χ4v) is 0.696. The molecule has 0 unspecified atom stereocenters. The van der Waals surface area contributed by atoms with E-state index < -0.39 is 17.9 Å². The summed E-state index contributed by atoms with van der Waals surface area (Å²) in [5.41, 5.74) is 0.645. The lowest BCUT2D eigenvalue weighted by atomic mass is 10.2. The van der Waals surface area contributed by atoms with Gasteiger partial charge in [-0.1, -0.05) is 18.1 Å². The number of hydrogen-bond donors (Lipinski definition) is 0. The molecule has 124 valence electrons. The molecule has 0 aromatic rings. The highest BCUT2D eigenvalue weighted by molar-refractivity contribution is 5.63. The first-order valence-electron chi connectivity index (χ1n) is 6.41. The van der Waals surface area contributed by atoms with Crippen LogP contribution < -0.4 is 0 Å². The third kappa shape index (κ3) is 19.9. The predicted molar refractivity (Wildman–Crippen MR) is 83.1 cm³/mol. The van der Waals surface area contributed by atoms with E-state index in [1.165, 1.54) is 5.57 Å². The minimum absolute atomic E-state index is 0.0467. The van der Waals surface area contributed by atoms with E-state index in [1.807, 2.05) is 13.8 Å². The van der Waals surface area contributed by atoms with Crippen molar-refractivity contribution in [2.75, 3.05) is 13.2 Å². The molecule has 6 heteroatoms. The highest BCUT2D eigenvalue weighted by Gasteiger charge is 2.16. The lowest BCUT2D eigenvalue weighted by molar-refractivity contribution is -0.00163. The molecular formula is C16H24O6. The van der Waals surface area contributed by atoms with Crippen molar-refractivity contribution in [3.8, 4) is 12.3 Å². The van der Waals surface area contributed by atoms with Gasteiger partial charge < -0.3 is 18.9 Å². The average Bonchev–Trinajstić information content (AvgIpc) is 2.68. The first-order chi connectivity index (χ1) is 9.97. The normalized spacial score (nSPS) is 12.2. The van der Waals surface area contributed by atoms with Gasteiger partial charge in [0.15, 0.2) is 13.2 Å². The minimum Gasteiger partial charge on any atom is -0.429 e. The molecule has 0 aromatic heterocycles. The van der Waals surface area contributed by atoms with Gasteiger partial charge in [0.05, 0.1) is 0 Å². The van der Waals surface area contributed by atoms with E-state index >= 15 is 0 Å². The van der Waals surface area contributed by atoms with Gasteiger partial charge in [-0.25, -0.2) is 9.59 Å². The molecule has 0 aliphatic carbocycles. The summed E-state index contributed by atoms with van der Waals surface area (Å²) in [6.07, 6.45) is 3.48. The second-order valence-corrected chi connectivity index (χ2v) is 5.34. The highest BCUT2D eigenvalue weighted by atomic mass is 16.8. The van der Waals surface area contributed by atoms with Crippen LogP contribution in [0.25, 0.3) is 0 Å². The largest absolute Gasteiger partial charge is 0.514 e. The van der Waals surface area contributed by atoms with Crippen LogP contribution in [-0.2, 0) is 18.9 Å². The first kappa shape index (κ1) is 21.9. The molecule has 1 aliphatic rings. The van der Waals surface area contributed by atoms with Crippen LogP contribution >= 0.6 is 0 Å². The van der Waals surface area contributed by atoms with Crippen LogP contribution in [0, 0.1) is 12.3 Å². The summed E-state index contributed by atoms with van der Waals surface area (Å²) in [5.74, 6) is 2.54. The van der Waals surface area contributed by atoms with Crippen molar-refractivity contribution in [2.24, 2.45) is 0 Å². The molecule has 0 saturated carbocycles. The van der Waals surface area contributed by atoms with Crippen LogP contribution in [0.2, 0.25) is 0 Å². The van der Waals surface area contributed by atoms with Gasteiger partial charge in [-0.2, -0.15) is 0 Å². The zero-order valence-electron chi connectivity index (χ0n) is 13.9. The molecule has 1 saturated heterocycles. The quantitative estimate of drug-likeness (QED) is 0.416. The molecular weight excluding hydrogens is 288 g/mol. The Balaban J connectivity index is 0. The predicted octanol–water partition coefficient (Wildman–Crippen LogP) is 3.82. The molecule has 0 atom stereocenters. The Kier molecular flexibility index (Phi) is 11.2. The van der Waals surface area contributed by atoms with Crippen molar-refractivity contribution in [1.29, 1.82) is 0 Å². The third-order valence-corrected chi connectivity index (χ3v) is 1.24. The zero-order chi connectivity index (χ0) is 17.8. The molecule has 0 N–H and O–H groups in total. The van der Waals surface area contributed by atoms with Crippen LogP contribution in [0.4, 0.5) is 9.59 Å². The van der Waals surface area contributed by atoms with Gasteiger partial charge in [0.1, 0.15) is 11.4 Å². The highest BCUT2D eigenvalue weighted by Crippen LogP contribution is 2.07. The fraction of sp³-hybridized carbons (Fsp3) is 0.500. The number of hydrogen-bond acceptors (Lipinski definition) is 6. The molecule has 0 amide bonds. The van der Waals surface area contributed by atoms with E-state index in [0.717, 1.165) is 0 Å². The lowest BCUT2D eigenvalue weighted by Gasteiger charge is -2.17. The van der Waals surface area contributed by atoms with Crippen molar-refractivity contribution in [3.63, 3.8) is 0 Å². The van der Waals surface area contributed by atoms with Gasteiger partial charge in [-0.05, 0) is 34.6 Å². The molecule has 1 rings (SSSR count). The van der Waals surface area contributed by atoms with Gasteiger partial charge in [-0.3, -0.25) is 0 Å². The van der Waals surface area contributed by atoms with Gasteiger partial charge >= 0.3 is 12.3 Å². The number of ether oxygens (including phenoxy) is 4. The Morgan fingerprint density at radius 3 is 2.14 bits per heavy atom. The van der Waals surface area contributed by atoms with E-state index in [0.29, 0.717) is 5.76 Å². The molecule has 1 heterocycles. The second-order valence-electron chi connectivity index (χ2n) is 5.34. The average molecular weight is 312 g/mol. The lowest BCUT2D eigenvalue weighted by Crippen LogP contribution is -2.24. The van der Waals surface area contributed by atoms with Gasteiger partial charge in [0.2, 0.25) is 0 Å². The Labute approximate surface area is 132 Å². The summed E-state index contributed by atoms with van der Waals surface area (Å²) in [6, 6.07) is 0. The van der Waals surface area contributed by atoms with Crippen molar-refractivity contribution in [1.82, 2.24) is 0 Å². The van der Waals surface area contributed by atoms with E-state index in [1.54, 1.807) is 20.8 Å². The number of cyclic esters (lactones) is 2. The van der Waals surface area contributed by atoms with Crippen LogP contribution in [0.1, 0.15) is 34.6 Å². The van der Waals surface area contributed by atoms with Crippen molar-refractivity contribution in [2.45, 2.75) is 40.2 Å². The number of carbonyl (C=O) groups excluding carboxylic acids is 2. The van der Waals surface area contributed by atoms with Crippen molar-refractivity contribution >= 4 is 12.3 Å². The number of allylic oxidation sites excluding steroid dienone is 1. The van der Waals surface area contributed by atoms with Gasteiger partial charge in [0, 0.05) is 0 Å². The molecule has 1 fully saturated rings. The zero-order valence-corrected chi connectivity index (χ0v) is 13.9. The molecule has 0 aromatic carbocycles. The third-order valence-electron chi connectivity index (χ3n) is 1.24. The molecule has 6 nitrogen and oxygen atoms in total. The van der Waals surface area contributed by atoms with E-state index in [9.17, 15) is 9.59 Å². The maximum Gasteiger partial charge on any atom is 0.514 e. The molecule has 22 heavy (non-hydrogen) atoms. The Hall–Kier alpha value is -2.42. The molecule has 0 radical (unpaired) electrons. The maximum absolute atomic E-state index is 10.7. The molecule has 1 aliphatic heterocycles. The number of carbonyl (C=O) groups is 2. The SMILES string of the molecule is C#CCOC(=O)OC(C)(C)C.C=C(C)C.C=C1COC(=O)O1. The topological polar surface area (TPSA) is 71.1 Å². The van der Waals surface area contributed by atoms with Crippen LogP contribution in [0.5, 0.6) is 0 Å². The van der Waals surface area contributed by atoms with E-state index in [-0.39, 0.29) is 13.2 Å². The summed E-state index contributed by atoms with van der Waals surface area (Å²) in [4.78, 5) is 20.6. The van der Waals surface area contributed by atoms with Crippen molar-refractivity contribution < 1.29 is 28.5 Å². The van der Waals surface area contributed by atoms with Crippen LogP contribution in [0.3, 0.4) is 0 Å². The van der Waals surface area contributed by atoms with Gasteiger partial charge in [-0.15, -0.1) is 13.0 Å². The summed E-state index contributed by atoms with van der Waals surface area (Å²) in [5, 5.41) is 0. The molecule has 0 bridgehead atoms. The first-order valence-corrected chi connectivity index (χ1v) is 6.41. The molecule has 0 spiro atoms. The maximum atomic E-state index is 10.7. The number of rotatable bonds is 1. The Morgan fingerprint density at radius 1 is 1.41 bits per heavy atom. The Bertz CT molecular complexity index is 419. The summed E-state index contributed by atoms with van der Waals surface area (Å²) >= 11 is 0.